The molecule has 2 aliphatic rings. The van der Waals surface area contributed by atoms with Crippen molar-refractivity contribution >= 4 is 39.2 Å². The van der Waals surface area contributed by atoms with Crippen molar-refractivity contribution < 1.29 is 4.79 Å². The number of likely N-dealkylation sites (tertiary alicyclic amines) is 1. The van der Waals surface area contributed by atoms with Crippen LogP contribution in [0.15, 0.2) is 40.3 Å². The molecule has 1 aliphatic carbocycles. The summed E-state index contributed by atoms with van der Waals surface area (Å²) in [5, 5.41) is 1.46. The molecule has 156 valence electrons. The Morgan fingerprint density at radius 1 is 1.07 bits per heavy atom. The zero-order valence-electron chi connectivity index (χ0n) is 16.9. The van der Waals surface area contributed by atoms with Gasteiger partial charge in [-0.15, -0.1) is 11.3 Å². The lowest BCUT2D eigenvalue weighted by atomic mass is 10.1. The van der Waals surface area contributed by atoms with E-state index in [1.807, 2.05) is 35.2 Å². The number of rotatable bonds is 5. The maximum absolute atomic E-state index is 13.5. The van der Waals surface area contributed by atoms with Crippen LogP contribution in [0.1, 0.15) is 41.7 Å². The minimum atomic E-state index is 0.0381. The number of thiophene rings is 1. The van der Waals surface area contributed by atoms with Gasteiger partial charge in [-0.1, -0.05) is 42.1 Å². The molecule has 0 spiro atoms. The van der Waals surface area contributed by atoms with Crippen LogP contribution >= 0.6 is 23.1 Å². The maximum atomic E-state index is 13.5. The third-order valence-electron chi connectivity index (χ3n) is 6.01. The van der Waals surface area contributed by atoms with Gasteiger partial charge in [0.05, 0.1) is 17.7 Å². The van der Waals surface area contributed by atoms with E-state index in [9.17, 15) is 9.59 Å². The predicted molar refractivity (Wildman–Crippen MR) is 123 cm³/mol. The molecule has 5 nitrogen and oxygen atoms in total. The van der Waals surface area contributed by atoms with Gasteiger partial charge in [-0.3, -0.25) is 14.2 Å². The number of hydrogen-bond acceptors (Lipinski definition) is 5. The Hall–Kier alpha value is -2.12. The lowest BCUT2D eigenvalue weighted by Crippen LogP contribution is -2.37. The third kappa shape index (κ3) is 3.81. The second kappa shape index (κ2) is 8.55. The molecule has 1 saturated heterocycles. The van der Waals surface area contributed by atoms with Gasteiger partial charge in [-0.25, -0.2) is 4.98 Å². The third-order valence-corrected chi connectivity index (χ3v) is 8.15. The summed E-state index contributed by atoms with van der Waals surface area (Å²) in [6.07, 6.45) is 6.51. The molecule has 0 unspecified atom stereocenters. The summed E-state index contributed by atoms with van der Waals surface area (Å²) in [7, 11) is 0. The van der Waals surface area contributed by atoms with Crippen molar-refractivity contribution in [2.75, 3.05) is 18.8 Å². The molecule has 0 saturated carbocycles. The Morgan fingerprint density at radius 3 is 2.67 bits per heavy atom. The molecule has 1 fully saturated rings. The quantitative estimate of drug-likeness (QED) is 0.444. The summed E-state index contributed by atoms with van der Waals surface area (Å²) in [6.45, 7) is 2.17. The van der Waals surface area contributed by atoms with Gasteiger partial charge in [0.25, 0.3) is 5.56 Å². The number of hydrogen-bond donors (Lipinski definition) is 0. The summed E-state index contributed by atoms with van der Waals surface area (Å²) in [5.74, 6) is 0.478. The number of amides is 1. The molecule has 3 heterocycles. The number of benzene rings is 1. The SMILES string of the molecule is O=C(CSc1nc2sc3c(c2c(=O)n1Cc1ccccc1)CCC3)N1CCCCC1. The molecule has 0 radical (unpaired) electrons. The molecule has 1 aliphatic heterocycles. The van der Waals surface area contributed by atoms with Crippen molar-refractivity contribution in [3.8, 4) is 0 Å². The molecule has 7 heteroatoms. The van der Waals surface area contributed by atoms with Crippen molar-refractivity contribution in [2.45, 2.75) is 50.2 Å². The van der Waals surface area contributed by atoms with E-state index in [0.29, 0.717) is 17.5 Å². The van der Waals surface area contributed by atoms with Gasteiger partial charge < -0.3 is 4.90 Å². The number of nitrogens with zero attached hydrogens (tertiary/aromatic N) is 3. The molecule has 2 aromatic heterocycles. The molecule has 1 aromatic carbocycles. The fourth-order valence-electron chi connectivity index (χ4n) is 4.43. The first-order valence-electron chi connectivity index (χ1n) is 10.7. The molecule has 30 heavy (non-hydrogen) atoms. The van der Waals surface area contributed by atoms with Crippen molar-refractivity contribution in [3.05, 3.63) is 56.7 Å². The Balaban J connectivity index is 1.49. The van der Waals surface area contributed by atoms with E-state index in [4.69, 9.17) is 4.98 Å². The lowest BCUT2D eigenvalue weighted by molar-refractivity contribution is -0.129. The zero-order chi connectivity index (χ0) is 20.5. The van der Waals surface area contributed by atoms with Crippen LogP contribution in [0, 0.1) is 0 Å². The molecule has 0 N–H and O–H groups in total. The van der Waals surface area contributed by atoms with Crippen molar-refractivity contribution in [2.24, 2.45) is 0 Å². The Labute approximate surface area is 184 Å². The summed E-state index contributed by atoms with van der Waals surface area (Å²) in [4.78, 5) is 35.2. The van der Waals surface area contributed by atoms with Crippen molar-refractivity contribution in [3.63, 3.8) is 0 Å². The predicted octanol–water partition coefficient (Wildman–Crippen LogP) is 4.10. The Bertz CT molecular complexity index is 1130. The van der Waals surface area contributed by atoms with Gasteiger partial charge in [0.1, 0.15) is 4.83 Å². The highest BCUT2D eigenvalue weighted by atomic mass is 32.2. The first-order valence-corrected chi connectivity index (χ1v) is 12.5. The van der Waals surface area contributed by atoms with Crippen LogP contribution in [-0.4, -0.2) is 39.2 Å². The fourth-order valence-corrected chi connectivity index (χ4v) is 6.64. The maximum Gasteiger partial charge on any atom is 0.263 e. The van der Waals surface area contributed by atoms with Crippen LogP contribution in [0.4, 0.5) is 0 Å². The monoisotopic (exact) mass is 439 g/mol. The second-order valence-electron chi connectivity index (χ2n) is 8.04. The highest BCUT2D eigenvalue weighted by Gasteiger charge is 2.24. The molecule has 1 amide bonds. The first kappa shape index (κ1) is 19.8. The smallest absolute Gasteiger partial charge is 0.263 e. The molecule has 5 rings (SSSR count). The lowest BCUT2D eigenvalue weighted by Gasteiger charge is -2.26. The zero-order valence-corrected chi connectivity index (χ0v) is 18.6. The summed E-state index contributed by atoms with van der Waals surface area (Å²) in [5.41, 5.74) is 2.31. The van der Waals surface area contributed by atoms with Crippen LogP contribution in [0.2, 0.25) is 0 Å². The van der Waals surface area contributed by atoms with E-state index < -0.39 is 0 Å². The number of aryl methyl sites for hydroxylation is 2. The number of carbonyl (C=O) groups excluding carboxylic acids is 1. The van der Waals surface area contributed by atoms with Gasteiger partial charge >= 0.3 is 0 Å². The second-order valence-corrected chi connectivity index (χ2v) is 10.1. The molecule has 0 atom stereocenters. The fraction of sp³-hybridized carbons (Fsp3) is 0.435. The number of fused-ring (bicyclic) bond motifs is 3. The van der Waals surface area contributed by atoms with Gasteiger partial charge in [0, 0.05) is 18.0 Å². The van der Waals surface area contributed by atoms with Crippen LogP contribution < -0.4 is 5.56 Å². The molecular weight excluding hydrogens is 414 g/mol. The Morgan fingerprint density at radius 2 is 1.87 bits per heavy atom. The van der Waals surface area contributed by atoms with Crippen LogP contribution in [-0.2, 0) is 24.2 Å². The molecule has 3 aromatic rings. The minimum Gasteiger partial charge on any atom is -0.342 e. The summed E-state index contributed by atoms with van der Waals surface area (Å²) in [6, 6.07) is 10.0. The average molecular weight is 440 g/mol. The normalized spacial score (nSPS) is 16.2. The van der Waals surface area contributed by atoms with E-state index >= 15 is 0 Å². The first-order chi connectivity index (χ1) is 14.7. The van der Waals surface area contributed by atoms with E-state index in [-0.39, 0.29) is 11.5 Å². The summed E-state index contributed by atoms with van der Waals surface area (Å²) < 4.78 is 1.77. The molecular formula is C23H25N3O2S2. The van der Waals surface area contributed by atoms with Crippen LogP contribution in [0.5, 0.6) is 0 Å². The average Bonchev–Trinajstić information content (AvgIpc) is 3.36. The highest BCUT2D eigenvalue weighted by molar-refractivity contribution is 7.99. The highest BCUT2D eigenvalue weighted by Crippen LogP contribution is 2.35. The van der Waals surface area contributed by atoms with Gasteiger partial charge in [0.15, 0.2) is 5.16 Å². The van der Waals surface area contributed by atoms with Crippen molar-refractivity contribution in [1.82, 2.24) is 14.5 Å². The van der Waals surface area contributed by atoms with Gasteiger partial charge in [0.2, 0.25) is 5.91 Å². The number of aromatic nitrogens is 2. The van der Waals surface area contributed by atoms with E-state index in [1.165, 1.54) is 28.6 Å². The standard InChI is InChI=1S/C23H25N3O2S2/c27-19(25-12-5-2-6-13-25)15-29-23-24-21-20(17-10-7-11-18(17)30-21)22(28)26(23)14-16-8-3-1-4-9-16/h1,3-4,8-9H,2,5-7,10-15H2. The van der Waals surface area contributed by atoms with Gasteiger partial charge in [-0.05, 0) is 49.7 Å². The number of thioether (sulfide) groups is 1. The van der Waals surface area contributed by atoms with E-state index in [1.54, 1.807) is 15.9 Å². The molecule has 0 bridgehead atoms. The Kier molecular flexibility index (Phi) is 5.65. The van der Waals surface area contributed by atoms with E-state index in [0.717, 1.165) is 61.0 Å². The van der Waals surface area contributed by atoms with E-state index in [2.05, 4.69) is 0 Å². The van der Waals surface area contributed by atoms with Crippen LogP contribution in [0.3, 0.4) is 0 Å². The summed E-state index contributed by atoms with van der Waals surface area (Å²) >= 11 is 3.06. The minimum absolute atomic E-state index is 0.0381. The van der Waals surface area contributed by atoms with Gasteiger partial charge in [-0.2, -0.15) is 0 Å². The largest absolute Gasteiger partial charge is 0.342 e. The van der Waals surface area contributed by atoms with Crippen molar-refractivity contribution in [1.29, 1.82) is 0 Å². The number of carbonyl (C=O) groups is 1. The topological polar surface area (TPSA) is 55.2 Å². The number of piperidine rings is 1. The van der Waals surface area contributed by atoms with Crippen LogP contribution in [0.25, 0.3) is 10.2 Å².